The molecule has 7 heteroatoms. The van der Waals surface area contributed by atoms with E-state index in [1.807, 2.05) is 72.7 Å². The molecule has 2 aromatic carbocycles. The second-order valence-corrected chi connectivity index (χ2v) is 8.41. The van der Waals surface area contributed by atoms with Gasteiger partial charge in [-0.25, -0.2) is 0 Å². The quantitative estimate of drug-likeness (QED) is 0.305. The molecule has 0 aliphatic heterocycles. The van der Waals surface area contributed by atoms with Gasteiger partial charge in [0.25, 0.3) is 0 Å². The Hall–Kier alpha value is -1.34. The van der Waals surface area contributed by atoms with Gasteiger partial charge >= 0.3 is 18.9 Å². The van der Waals surface area contributed by atoms with E-state index in [1.165, 1.54) is 0 Å². The van der Waals surface area contributed by atoms with Crippen molar-refractivity contribution in [1.29, 1.82) is 0 Å². The van der Waals surface area contributed by atoms with Gasteiger partial charge in [0, 0.05) is 30.1 Å². The first-order chi connectivity index (χ1) is 14.2. The minimum absolute atomic E-state index is 0. The molecule has 0 aromatic heterocycles. The molecular formula is C24H34LiO5P. The van der Waals surface area contributed by atoms with Gasteiger partial charge in [-0.1, -0.05) is 17.7 Å². The van der Waals surface area contributed by atoms with E-state index in [0.717, 1.165) is 27.6 Å². The Morgan fingerprint density at radius 1 is 0.935 bits per heavy atom. The molecule has 0 heterocycles. The molecule has 5 nitrogen and oxygen atoms in total. The maximum Gasteiger partial charge on any atom is 1.00 e. The molecule has 3 atom stereocenters. The maximum atomic E-state index is 13.2. The molecule has 3 unspecified atom stereocenters. The molecule has 0 amide bonds. The van der Waals surface area contributed by atoms with Crippen LogP contribution < -0.4 is 33.6 Å². The van der Waals surface area contributed by atoms with Crippen molar-refractivity contribution in [3.05, 3.63) is 52.6 Å². The molecule has 0 aliphatic rings. The molecule has 2 aromatic rings. The Balaban J connectivity index is 0.00000480. The van der Waals surface area contributed by atoms with Crippen molar-refractivity contribution in [2.24, 2.45) is 0 Å². The second kappa shape index (κ2) is 13.3. The first-order valence-electron chi connectivity index (χ1n) is 10.3. The summed E-state index contributed by atoms with van der Waals surface area (Å²) in [6.45, 7) is 14.6. The summed E-state index contributed by atoms with van der Waals surface area (Å²) < 4.78 is 22.8. The molecule has 166 valence electrons. The molecule has 0 fully saturated rings. The number of benzene rings is 2. The van der Waals surface area contributed by atoms with E-state index in [0.29, 0.717) is 24.7 Å². The number of rotatable bonds is 11. The Labute approximate surface area is 201 Å². The van der Waals surface area contributed by atoms with Crippen molar-refractivity contribution in [3.8, 4) is 11.5 Å². The summed E-state index contributed by atoms with van der Waals surface area (Å²) in [6.07, 6.45) is -0.809. The largest absolute Gasteiger partial charge is 1.00 e. The maximum absolute atomic E-state index is 13.2. The van der Waals surface area contributed by atoms with E-state index in [-0.39, 0.29) is 40.7 Å². The van der Waals surface area contributed by atoms with Gasteiger partial charge in [0.1, 0.15) is 11.5 Å². The van der Waals surface area contributed by atoms with Crippen LogP contribution >= 0.6 is 8.58 Å². The van der Waals surface area contributed by atoms with E-state index in [4.69, 9.17) is 18.9 Å². The van der Waals surface area contributed by atoms with Crippen molar-refractivity contribution >= 4 is 19.4 Å². The monoisotopic (exact) mass is 440 g/mol. The number of carbonyl (C=O) groups excluding carboxylic acids is 1. The number of aryl methyl sites for hydroxylation is 3. The zero-order valence-corrected chi connectivity index (χ0v) is 21.0. The summed E-state index contributed by atoms with van der Waals surface area (Å²) in [5.74, 6) is 1.21. The molecular weight excluding hydrogens is 406 g/mol. The molecule has 0 N–H and O–H groups in total. The third kappa shape index (κ3) is 8.26. The summed E-state index contributed by atoms with van der Waals surface area (Å²) in [5.41, 5.74) is 4.04. The zero-order valence-electron chi connectivity index (χ0n) is 21.0. The van der Waals surface area contributed by atoms with Crippen molar-refractivity contribution in [1.82, 2.24) is 0 Å². The Kier molecular flexibility index (Phi) is 11.8. The van der Waals surface area contributed by atoms with Crippen LogP contribution in [0.25, 0.3) is 0 Å². The van der Waals surface area contributed by atoms with Gasteiger partial charge in [0.15, 0.2) is 18.1 Å². The van der Waals surface area contributed by atoms with Gasteiger partial charge in [0.05, 0.1) is 0 Å². The van der Waals surface area contributed by atoms with Crippen molar-refractivity contribution < 1.29 is 44.0 Å². The number of hydrogen-bond donors (Lipinski definition) is 0. The van der Waals surface area contributed by atoms with Crippen LogP contribution in [-0.2, 0) is 9.47 Å². The van der Waals surface area contributed by atoms with E-state index >= 15 is 0 Å². The minimum atomic E-state index is -0.434. The predicted molar refractivity (Wildman–Crippen MR) is 124 cm³/mol. The normalized spacial score (nSPS) is 13.0. The summed E-state index contributed by atoms with van der Waals surface area (Å²) in [7, 11) is -0.0680. The van der Waals surface area contributed by atoms with Crippen LogP contribution in [0.15, 0.2) is 30.3 Å². The van der Waals surface area contributed by atoms with Crippen LogP contribution in [0.3, 0.4) is 0 Å². The van der Waals surface area contributed by atoms with Gasteiger partial charge in [-0.05, 0) is 80.3 Å². The third-order valence-corrected chi connectivity index (χ3v) is 5.66. The van der Waals surface area contributed by atoms with Crippen LogP contribution in [0, 0.1) is 20.8 Å². The van der Waals surface area contributed by atoms with Crippen LogP contribution in [-0.4, -0.2) is 31.3 Å². The minimum Gasteiger partial charge on any atom is -1.00 e. The summed E-state index contributed by atoms with van der Waals surface area (Å²) in [4.78, 5) is 13.2. The molecule has 0 bridgehead atoms. The summed E-state index contributed by atoms with van der Waals surface area (Å²) >= 11 is 0. The van der Waals surface area contributed by atoms with Crippen LogP contribution in [0.2, 0.25) is 0 Å². The fraction of sp³-hybridized carbons (Fsp3) is 0.458. The van der Waals surface area contributed by atoms with E-state index in [2.05, 4.69) is 0 Å². The fourth-order valence-electron chi connectivity index (χ4n) is 3.41. The average Bonchev–Trinajstić information content (AvgIpc) is 2.63. The third-order valence-electron chi connectivity index (χ3n) is 4.50. The topological polar surface area (TPSA) is 54.0 Å². The summed E-state index contributed by atoms with van der Waals surface area (Å²) in [6, 6.07) is 9.63. The molecule has 0 saturated carbocycles. The molecule has 0 spiro atoms. The van der Waals surface area contributed by atoms with Gasteiger partial charge in [0.2, 0.25) is 0 Å². The van der Waals surface area contributed by atoms with E-state index in [1.54, 1.807) is 6.07 Å². The fourth-order valence-corrected chi connectivity index (χ4v) is 4.59. The predicted octanol–water partition coefficient (Wildman–Crippen LogP) is 2.40. The molecule has 2 rings (SSSR count). The number of carbonyl (C=O) groups is 1. The van der Waals surface area contributed by atoms with Crippen molar-refractivity contribution in [2.75, 3.05) is 13.2 Å². The Morgan fingerprint density at radius 2 is 1.48 bits per heavy atom. The van der Waals surface area contributed by atoms with Crippen LogP contribution in [0.1, 0.15) is 56.2 Å². The van der Waals surface area contributed by atoms with E-state index < -0.39 is 6.29 Å². The van der Waals surface area contributed by atoms with Crippen LogP contribution in [0.5, 0.6) is 11.5 Å². The molecule has 0 saturated heterocycles. The first-order valence-corrected chi connectivity index (χ1v) is 11.3. The summed E-state index contributed by atoms with van der Waals surface area (Å²) in [5, 5.41) is 0.822. The smallest absolute Gasteiger partial charge is 1.00 e. The number of ether oxygens (including phenoxy) is 4. The van der Waals surface area contributed by atoms with Gasteiger partial charge in [-0.3, -0.25) is 4.79 Å². The zero-order chi connectivity index (χ0) is 22.3. The molecule has 0 radical (unpaired) electrons. The van der Waals surface area contributed by atoms with Gasteiger partial charge in [-0.2, -0.15) is 0 Å². The standard InChI is InChI=1S/C24H33O5P.Li.H/c1-8-26-18(6)28-20-10-11-22(21(14-20)29-19(7)27-9-2)30-24(25)23-16(4)12-15(3)13-17(23)5;;/h10-14,18-19,30H,8-9H2,1-7H3;;/q;+1;-1. The van der Waals surface area contributed by atoms with Crippen molar-refractivity contribution in [2.45, 2.75) is 61.0 Å². The van der Waals surface area contributed by atoms with E-state index in [9.17, 15) is 4.79 Å². The molecule has 0 aliphatic carbocycles. The average molecular weight is 440 g/mol. The number of hydrogen-bond acceptors (Lipinski definition) is 5. The molecule has 31 heavy (non-hydrogen) atoms. The van der Waals surface area contributed by atoms with Gasteiger partial charge < -0.3 is 20.4 Å². The van der Waals surface area contributed by atoms with Crippen LogP contribution in [0.4, 0.5) is 0 Å². The van der Waals surface area contributed by atoms with Gasteiger partial charge in [-0.15, -0.1) is 0 Å². The first kappa shape index (κ1) is 27.7. The van der Waals surface area contributed by atoms with Crippen molar-refractivity contribution in [3.63, 3.8) is 0 Å². The Morgan fingerprint density at radius 3 is 2.03 bits per heavy atom. The SMILES string of the molecule is CCOC(C)Oc1ccc(PC(=O)c2c(C)cc(C)cc2C)c(OC(C)OCC)c1.[H-].[Li+]. The second-order valence-electron chi connectivity index (χ2n) is 7.17. The Bertz CT molecular complexity index is 854.